The van der Waals surface area contributed by atoms with Crippen molar-refractivity contribution in [2.24, 2.45) is 5.41 Å². The SMILES string of the molecule is COP(=O)(OC)O[C@H]1[C@@H](OC2CCCCO2)[C@H](n2ccc(=O)[nH]c2=O)O[C@@H]1COC(=O)C(C)(C)C. The van der Waals surface area contributed by atoms with Crippen molar-refractivity contribution in [1.82, 2.24) is 9.55 Å². The first kappa shape index (κ1) is 27.7. The fraction of sp³-hybridized carbons (Fsp3) is 0.762. The van der Waals surface area contributed by atoms with Crippen LogP contribution in [0, 0.1) is 5.41 Å². The summed E-state index contributed by atoms with van der Waals surface area (Å²) in [6.45, 7) is 5.26. The van der Waals surface area contributed by atoms with E-state index in [1.54, 1.807) is 20.8 Å². The summed E-state index contributed by atoms with van der Waals surface area (Å²) in [5.74, 6) is -0.501. The van der Waals surface area contributed by atoms with Crippen LogP contribution < -0.4 is 11.2 Å². The van der Waals surface area contributed by atoms with E-state index >= 15 is 0 Å². The fourth-order valence-corrected chi connectivity index (χ4v) is 4.52. The first-order valence-electron chi connectivity index (χ1n) is 11.3. The molecule has 0 bridgehead atoms. The maximum Gasteiger partial charge on any atom is 0.474 e. The fourth-order valence-electron chi connectivity index (χ4n) is 3.64. The summed E-state index contributed by atoms with van der Waals surface area (Å²) in [5, 5.41) is 0. The van der Waals surface area contributed by atoms with Crippen LogP contribution in [0.5, 0.6) is 0 Å². The predicted octanol–water partition coefficient (Wildman–Crippen LogP) is 1.72. The molecule has 0 spiro atoms. The molecular weight excluding hydrogens is 487 g/mol. The van der Waals surface area contributed by atoms with E-state index in [0.29, 0.717) is 13.0 Å². The Bertz CT molecular complexity index is 1020. The van der Waals surface area contributed by atoms with Crippen LogP contribution in [0.15, 0.2) is 21.9 Å². The van der Waals surface area contributed by atoms with E-state index in [0.717, 1.165) is 37.7 Å². The number of carbonyl (C=O) groups excluding carboxylic acids is 1. The maximum absolute atomic E-state index is 12.9. The molecule has 2 saturated heterocycles. The number of rotatable bonds is 9. The summed E-state index contributed by atoms with van der Waals surface area (Å²) in [7, 11) is -1.76. The topological polar surface area (TPSA) is 154 Å². The van der Waals surface area contributed by atoms with E-state index in [1.165, 1.54) is 6.20 Å². The molecule has 3 rings (SSSR count). The van der Waals surface area contributed by atoms with Gasteiger partial charge in [0.15, 0.2) is 12.5 Å². The van der Waals surface area contributed by atoms with Gasteiger partial charge in [0.2, 0.25) is 0 Å². The summed E-state index contributed by atoms with van der Waals surface area (Å²) >= 11 is 0. The van der Waals surface area contributed by atoms with Crippen molar-refractivity contribution in [3.63, 3.8) is 0 Å². The maximum atomic E-state index is 12.9. The first-order valence-corrected chi connectivity index (χ1v) is 12.7. The quantitative estimate of drug-likeness (QED) is 0.374. The number of carbonyl (C=O) groups is 1. The molecule has 1 unspecified atom stereocenters. The Hall–Kier alpha value is -1.86. The average Bonchev–Trinajstić information content (AvgIpc) is 3.13. The number of aromatic nitrogens is 2. The molecule has 0 aliphatic carbocycles. The Morgan fingerprint density at radius 1 is 1.20 bits per heavy atom. The summed E-state index contributed by atoms with van der Waals surface area (Å²) < 4.78 is 53.0. The second-order valence-corrected chi connectivity index (χ2v) is 11.0. The van der Waals surface area contributed by atoms with E-state index in [2.05, 4.69) is 4.98 Å². The lowest BCUT2D eigenvalue weighted by Crippen LogP contribution is -2.43. The van der Waals surface area contributed by atoms with E-state index in [-0.39, 0.29) is 6.61 Å². The lowest BCUT2D eigenvalue weighted by Gasteiger charge is -2.31. The Kier molecular flexibility index (Phi) is 9.08. The summed E-state index contributed by atoms with van der Waals surface area (Å²) in [5.41, 5.74) is -2.14. The van der Waals surface area contributed by atoms with Gasteiger partial charge in [-0.25, -0.2) is 9.36 Å². The molecule has 5 atom stereocenters. The molecule has 0 saturated carbocycles. The molecule has 2 aliphatic heterocycles. The number of ether oxygens (including phenoxy) is 4. The van der Waals surface area contributed by atoms with Gasteiger partial charge in [-0.1, -0.05) is 0 Å². The highest BCUT2D eigenvalue weighted by molar-refractivity contribution is 7.48. The Morgan fingerprint density at radius 2 is 1.91 bits per heavy atom. The number of nitrogens with one attached hydrogen (secondary N) is 1. The Balaban J connectivity index is 1.98. The highest BCUT2D eigenvalue weighted by atomic mass is 31.2. The normalized spacial score (nSPS) is 27.6. The molecule has 2 aliphatic rings. The number of esters is 1. The smallest absolute Gasteiger partial charge is 0.462 e. The van der Waals surface area contributed by atoms with Crippen molar-refractivity contribution in [2.45, 2.75) is 70.9 Å². The summed E-state index contributed by atoms with van der Waals surface area (Å²) in [4.78, 5) is 38.8. The number of hydrogen-bond donors (Lipinski definition) is 1. The lowest BCUT2D eigenvalue weighted by molar-refractivity contribution is -0.215. The van der Waals surface area contributed by atoms with Gasteiger partial charge in [-0.15, -0.1) is 0 Å². The van der Waals surface area contributed by atoms with Crippen molar-refractivity contribution in [3.8, 4) is 0 Å². The zero-order chi connectivity index (χ0) is 25.8. The summed E-state index contributed by atoms with van der Waals surface area (Å²) in [6.07, 6.45) is -1.51. The van der Waals surface area contributed by atoms with Crippen LogP contribution >= 0.6 is 7.82 Å². The monoisotopic (exact) mass is 520 g/mol. The molecule has 0 aromatic carbocycles. The van der Waals surface area contributed by atoms with Gasteiger partial charge in [-0.05, 0) is 40.0 Å². The van der Waals surface area contributed by atoms with Gasteiger partial charge in [0.1, 0.15) is 24.9 Å². The summed E-state index contributed by atoms with van der Waals surface area (Å²) in [6, 6.07) is 1.15. The van der Waals surface area contributed by atoms with Crippen LogP contribution in [0.1, 0.15) is 46.3 Å². The average molecular weight is 520 g/mol. The van der Waals surface area contributed by atoms with E-state index in [1.807, 2.05) is 0 Å². The van der Waals surface area contributed by atoms with Crippen molar-refractivity contribution < 1.29 is 41.9 Å². The third-order valence-corrected chi connectivity index (χ3v) is 6.94. The van der Waals surface area contributed by atoms with Crippen LogP contribution in [0.2, 0.25) is 0 Å². The molecule has 13 nitrogen and oxygen atoms in total. The minimum atomic E-state index is -4.06. The zero-order valence-electron chi connectivity index (χ0n) is 20.5. The highest BCUT2D eigenvalue weighted by Gasteiger charge is 2.52. The molecule has 0 radical (unpaired) electrons. The van der Waals surface area contributed by atoms with E-state index in [9.17, 15) is 18.9 Å². The van der Waals surface area contributed by atoms with Gasteiger partial charge in [0, 0.05) is 33.1 Å². The molecule has 35 heavy (non-hydrogen) atoms. The van der Waals surface area contributed by atoms with Gasteiger partial charge >= 0.3 is 19.5 Å². The van der Waals surface area contributed by atoms with E-state index < -0.39 is 61.3 Å². The Morgan fingerprint density at radius 3 is 2.49 bits per heavy atom. The third kappa shape index (κ3) is 6.88. The minimum absolute atomic E-state index is 0.297. The molecule has 2 fully saturated rings. The first-order chi connectivity index (χ1) is 16.5. The molecule has 1 N–H and O–H groups in total. The van der Waals surface area contributed by atoms with Crippen molar-refractivity contribution in [3.05, 3.63) is 33.1 Å². The van der Waals surface area contributed by atoms with Gasteiger partial charge in [0.25, 0.3) is 5.56 Å². The van der Waals surface area contributed by atoms with Gasteiger partial charge in [-0.3, -0.25) is 32.7 Å². The number of aromatic amines is 1. The van der Waals surface area contributed by atoms with Gasteiger partial charge < -0.3 is 18.9 Å². The van der Waals surface area contributed by atoms with Crippen LogP contribution in [0.3, 0.4) is 0 Å². The predicted molar refractivity (Wildman–Crippen MR) is 121 cm³/mol. The molecule has 1 aromatic heterocycles. The second kappa shape index (κ2) is 11.5. The molecule has 0 amide bonds. The van der Waals surface area contributed by atoms with E-state index in [4.69, 9.17) is 32.5 Å². The number of hydrogen-bond acceptors (Lipinski definition) is 11. The number of phosphoric ester groups is 1. The molecule has 3 heterocycles. The highest BCUT2D eigenvalue weighted by Crippen LogP contribution is 2.52. The molecule has 1 aromatic rings. The van der Waals surface area contributed by atoms with Crippen LogP contribution in [-0.2, 0) is 41.9 Å². The lowest BCUT2D eigenvalue weighted by atomic mass is 9.97. The van der Waals surface area contributed by atoms with Gasteiger partial charge in [-0.2, -0.15) is 0 Å². The molecule has 14 heteroatoms. The van der Waals surface area contributed by atoms with Crippen molar-refractivity contribution >= 4 is 13.8 Å². The number of nitrogens with zero attached hydrogens (tertiary/aromatic N) is 1. The van der Waals surface area contributed by atoms with Gasteiger partial charge in [0.05, 0.1) is 5.41 Å². The number of H-pyrrole nitrogens is 1. The largest absolute Gasteiger partial charge is 0.474 e. The van der Waals surface area contributed by atoms with Crippen molar-refractivity contribution in [1.29, 1.82) is 0 Å². The van der Waals surface area contributed by atoms with Crippen molar-refractivity contribution in [2.75, 3.05) is 27.4 Å². The molecular formula is C21H33N2O11P. The van der Waals surface area contributed by atoms with Crippen LogP contribution in [0.25, 0.3) is 0 Å². The zero-order valence-corrected chi connectivity index (χ0v) is 21.4. The standard InChI is InChI=1S/C21H33N2O11P/c1-21(2,3)19(25)31-12-13-16(34-35(27,28-4)29-5)17(33-15-8-6-7-11-30-15)18(32-13)23-10-9-14(24)22-20(23)26/h9-10,13,15-18H,6-8,11-12H2,1-5H3,(H,22,24,26)/t13-,15?,16-,17-,18-/m1/s1. The number of phosphoric acid groups is 1. The third-order valence-electron chi connectivity index (χ3n) is 5.55. The second-order valence-electron chi connectivity index (χ2n) is 9.21. The minimum Gasteiger partial charge on any atom is -0.462 e. The molecule has 198 valence electrons. The Labute approximate surface area is 202 Å². The van der Waals surface area contributed by atoms with Crippen LogP contribution in [-0.4, -0.2) is 67.6 Å². The van der Waals surface area contributed by atoms with Crippen LogP contribution in [0.4, 0.5) is 0 Å².